The SMILES string of the molecule is CCC(C=O)CCC[C@@H](CF)NC(=O)OC(C)(C)C.CN1CCC(c2ccccc2)C1C(=O)Nc1ccc2oc(C(=O)OF)cc2c1. The van der Waals surface area contributed by atoms with E-state index in [1.165, 1.54) is 6.07 Å². The molecule has 4 rings (SSSR count). The van der Waals surface area contributed by atoms with Crippen LogP contribution in [0.25, 0.3) is 11.0 Å². The highest BCUT2D eigenvalue weighted by Gasteiger charge is 2.38. The predicted octanol–water partition coefficient (Wildman–Crippen LogP) is 7.15. The van der Waals surface area contributed by atoms with Crippen LogP contribution in [0.1, 0.15) is 81.8 Å². The lowest BCUT2D eigenvalue weighted by Gasteiger charge is -2.24. The lowest BCUT2D eigenvalue weighted by molar-refractivity contribution is -0.120. The third kappa shape index (κ3) is 11.2. The first-order valence-corrected chi connectivity index (χ1v) is 15.8. The number of carbonyl (C=O) groups is 4. The Labute approximate surface area is 274 Å². The average molecular weight is 658 g/mol. The molecule has 3 aromatic rings. The number of alkyl halides is 1. The number of hydrogen-bond donors (Lipinski definition) is 2. The van der Waals surface area contributed by atoms with Gasteiger partial charge < -0.3 is 24.6 Å². The van der Waals surface area contributed by atoms with Crippen molar-refractivity contribution >= 4 is 40.9 Å². The van der Waals surface area contributed by atoms with Crippen LogP contribution in [0.3, 0.4) is 0 Å². The molecular weight excluding hydrogens is 612 g/mol. The van der Waals surface area contributed by atoms with Gasteiger partial charge in [0.15, 0.2) is 0 Å². The van der Waals surface area contributed by atoms with E-state index in [0.29, 0.717) is 29.5 Å². The second-order valence-corrected chi connectivity index (χ2v) is 12.7. The Morgan fingerprint density at radius 1 is 1.11 bits per heavy atom. The van der Waals surface area contributed by atoms with E-state index in [4.69, 9.17) is 9.15 Å². The van der Waals surface area contributed by atoms with Crippen LogP contribution in [-0.2, 0) is 19.3 Å². The van der Waals surface area contributed by atoms with Crippen LogP contribution >= 0.6 is 0 Å². The maximum absolute atomic E-state index is 13.0. The second kappa shape index (κ2) is 17.6. The monoisotopic (exact) mass is 657 g/mol. The third-order valence-electron chi connectivity index (χ3n) is 7.95. The average Bonchev–Trinajstić information content (AvgIpc) is 3.65. The van der Waals surface area contributed by atoms with Gasteiger partial charge in [0.05, 0.1) is 12.1 Å². The van der Waals surface area contributed by atoms with Gasteiger partial charge in [-0.05, 0) is 89.9 Å². The number of aldehydes is 1. The summed E-state index contributed by atoms with van der Waals surface area (Å²) in [5.41, 5.74) is 1.53. The fraction of sp³-hybridized carbons (Fsp3) is 0.486. The molecule has 4 atom stereocenters. The number of likely N-dealkylation sites (tertiary alicyclic amines) is 1. The normalized spacial score (nSPS) is 17.6. The summed E-state index contributed by atoms with van der Waals surface area (Å²) in [4.78, 5) is 51.6. The molecule has 0 bridgehead atoms. The van der Waals surface area contributed by atoms with Crippen molar-refractivity contribution in [3.05, 3.63) is 65.9 Å². The van der Waals surface area contributed by atoms with Crippen molar-refractivity contribution in [2.75, 3.05) is 25.6 Å². The van der Waals surface area contributed by atoms with Gasteiger partial charge in [0.1, 0.15) is 24.1 Å². The van der Waals surface area contributed by atoms with E-state index in [1.807, 2.05) is 44.3 Å². The fourth-order valence-electron chi connectivity index (χ4n) is 5.51. The highest BCUT2D eigenvalue weighted by atomic mass is 19.3. The molecule has 2 N–H and O–H groups in total. The van der Waals surface area contributed by atoms with Crippen molar-refractivity contribution in [3.63, 3.8) is 0 Å². The summed E-state index contributed by atoms with van der Waals surface area (Å²) in [6.45, 7) is 7.43. The number of carbonyl (C=O) groups excluding carboxylic acids is 4. The predicted molar refractivity (Wildman–Crippen MR) is 174 cm³/mol. The Morgan fingerprint density at radius 2 is 1.83 bits per heavy atom. The van der Waals surface area contributed by atoms with Crippen LogP contribution < -0.4 is 10.6 Å². The number of fused-ring (bicyclic) bond motifs is 1. The first-order valence-electron chi connectivity index (χ1n) is 15.8. The number of ether oxygens (including phenoxy) is 1. The van der Waals surface area contributed by atoms with Crippen molar-refractivity contribution in [2.45, 2.75) is 83.4 Å². The molecule has 12 heteroatoms. The molecule has 1 saturated heterocycles. The van der Waals surface area contributed by atoms with E-state index < -0.39 is 30.4 Å². The molecular formula is C35H45F2N3O7. The van der Waals surface area contributed by atoms with Crippen molar-refractivity contribution in [1.82, 2.24) is 10.2 Å². The topological polar surface area (TPSA) is 127 Å². The lowest BCUT2D eigenvalue weighted by Crippen LogP contribution is -2.40. The zero-order valence-electron chi connectivity index (χ0n) is 27.6. The van der Waals surface area contributed by atoms with E-state index in [1.54, 1.807) is 39.0 Å². The van der Waals surface area contributed by atoms with Crippen LogP contribution in [0.15, 0.2) is 59.0 Å². The second-order valence-electron chi connectivity index (χ2n) is 12.7. The van der Waals surface area contributed by atoms with E-state index in [0.717, 1.165) is 37.7 Å². The highest BCUT2D eigenvalue weighted by molar-refractivity contribution is 5.98. The minimum absolute atomic E-state index is 0.0294. The maximum atomic E-state index is 13.0. The molecule has 3 unspecified atom stereocenters. The number of hydrogen-bond acceptors (Lipinski definition) is 8. The van der Waals surface area contributed by atoms with Gasteiger partial charge in [-0.2, -0.15) is 0 Å². The number of anilines is 1. The highest BCUT2D eigenvalue weighted by Crippen LogP contribution is 2.33. The summed E-state index contributed by atoms with van der Waals surface area (Å²) in [6.07, 6.45) is 4.00. The van der Waals surface area contributed by atoms with Crippen molar-refractivity contribution in [3.8, 4) is 0 Å². The van der Waals surface area contributed by atoms with Gasteiger partial charge in [0.25, 0.3) is 0 Å². The minimum atomic E-state index is -1.19. The maximum Gasteiger partial charge on any atom is 0.414 e. The number of likely N-dealkylation sites (N-methyl/N-ethyl adjacent to an activating group) is 1. The molecule has 47 heavy (non-hydrogen) atoms. The molecule has 1 aromatic heterocycles. The Balaban J connectivity index is 0.000000279. The lowest BCUT2D eigenvalue weighted by atomic mass is 9.91. The van der Waals surface area contributed by atoms with Gasteiger partial charge in [0, 0.05) is 27.4 Å². The minimum Gasteiger partial charge on any atom is -0.449 e. The van der Waals surface area contributed by atoms with Crippen molar-refractivity contribution in [2.24, 2.45) is 5.92 Å². The number of amides is 2. The summed E-state index contributed by atoms with van der Waals surface area (Å²) >= 11 is 0. The van der Waals surface area contributed by atoms with Crippen LogP contribution in [0.5, 0.6) is 0 Å². The molecule has 2 aromatic carbocycles. The first kappa shape index (κ1) is 37.1. The fourth-order valence-corrected chi connectivity index (χ4v) is 5.51. The van der Waals surface area contributed by atoms with Crippen LogP contribution in [0.2, 0.25) is 0 Å². The number of nitrogens with zero attached hydrogens (tertiary/aromatic N) is 1. The van der Waals surface area contributed by atoms with Crippen LogP contribution in [0.4, 0.5) is 19.4 Å². The largest absolute Gasteiger partial charge is 0.449 e. The standard InChI is InChI=1S/C21H19FN2O4.C14H26FNO3/c1-24-10-9-16(13-5-3-2-4-6-13)19(24)20(25)23-15-7-8-17-14(11-15)12-18(27-17)21(26)28-22;1-5-11(10-17)7-6-8-12(9-15)16-13(18)19-14(2,3)4/h2-8,11-12,16,19H,9-10H2,1H3,(H,23,25);10-12H,5-9H2,1-4H3,(H,16,18)/t;11?,12-/m.0/s1. The molecule has 2 heterocycles. The summed E-state index contributed by atoms with van der Waals surface area (Å²) < 4.78 is 35.2. The van der Waals surface area contributed by atoms with Gasteiger partial charge in [-0.3, -0.25) is 9.69 Å². The Kier molecular flexibility index (Phi) is 13.9. The molecule has 10 nitrogen and oxygen atoms in total. The third-order valence-corrected chi connectivity index (χ3v) is 7.95. The molecule has 2 amide bonds. The number of alkyl carbamates (subject to hydrolysis) is 1. The van der Waals surface area contributed by atoms with Crippen LogP contribution in [0, 0.1) is 5.92 Å². The van der Waals surface area contributed by atoms with Gasteiger partial charge in [-0.15, -0.1) is 0 Å². The van der Waals surface area contributed by atoms with Gasteiger partial charge in [-0.1, -0.05) is 43.7 Å². The Hall–Kier alpha value is -4.32. The van der Waals surface area contributed by atoms with E-state index >= 15 is 0 Å². The number of furan rings is 1. The molecule has 256 valence electrons. The van der Waals surface area contributed by atoms with Crippen LogP contribution in [-0.4, -0.2) is 67.1 Å². The molecule has 0 saturated carbocycles. The molecule has 1 aliphatic rings. The zero-order valence-corrected chi connectivity index (χ0v) is 27.6. The number of nitrogens with one attached hydrogen (secondary N) is 2. The van der Waals surface area contributed by atoms with Gasteiger partial charge >= 0.3 is 12.1 Å². The smallest absolute Gasteiger partial charge is 0.414 e. The molecule has 0 radical (unpaired) electrons. The molecule has 0 spiro atoms. The van der Waals surface area contributed by atoms with E-state index in [2.05, 4.69) is 20.5 Å². The summed E-state index contributed by atoms with van der Waals surface area (Å²) in [7, 11) is 1.95. The quantitative estimate of drug-likeness (QED) is 0.197. The number of rotatable bonds is 12. The van der Waals surface area contributed by atoms with Crippen molar-refractivity contribution < 1.29 is 42.2 Å². The van der Waals surface area contributed by atoms with Gasteiger partial charge in [-0.25, -0.2) is 18.9 Å². The first-order chi connectivity index (χ1) is 22.4. The molecule has 0 aliphatic carbocycles. The van der Waals surface area contributed by atoms with Gasteiger partial charge in [0.2, 0.25) is 11.7 Å². The number of benzene rings is 2. The van der Waals surface area contributed by atoms with E-state index in [9.17, 15) is 28.1 Å². The molecule has 1 fully saturated rings. The Morgan fingerprint density at radius 3 is 2.45 bits per heavy atom. The molecule has 1 aliphatic heterocycles. The van der Waals surface area contributed by atoms with E-state index in [-0.39, 0.29) is 29.5 Å². The van der Waals surface area contributed by atoms with Crippen molar-refractivity contribution in [1.29, 1.82) is 0 Å². The Bertz CT molecular complexity index is 1470. The summed E-state index contributed by atoms with van der Waals surface area (Å²) in [5.74, 6) is -1.38. The number of halogens is 2. The summed E-state index contributed by atoms with van der Waals surface area (Å²) in [5, 5.41) is 6.02. The zero-order chi connectivity index (χ0) is 34.6. The summed E-state index contributed by atoms with van der Waals surface area (Å²) in [6, 6.07) is 15.6.